The second-order valence-corrected chi connectivity index (χ2v) is 23.8. The Morgan fingerprint density at radius 1 is 0.471 bits per heavy atom. The molecular weight excluding hydrogens is 1130 g/mol. The van der Waals surface area contributed by atoms with Gasteiger partial charge in [0.1, 0.15) is 5.60 Å². The highest BCUT2D eigenvalue weighted by atomic mass is 35.5. The van der Waals surface area contributed by atoms with Crippen molar-refractivity contribution in [2.24, 2.45) is 0 Å². The third-order valence-corrected chi connectivity index (χ3v) is 15.3. The summed E-state index contributed by atoms with van der Waals surface area (Å²) < 4.78 is 21.2. The van der Waals surface area contributed by atoms with Crippen molar-refractivity contribution in [2.75, 3.05) is 182 Å². The molecule has 6 saturated heterocycles. The number of carbonyl (C=O) groups is 3. The predicted molar refractivity (Wildman–Crippen MR) is 341 cm³/mol. The Kier molecular flexibility index (Phi) is 27.2. The van der Waals surface area contributed by atoms with E-state index in [1.54, 1.807) is 11.0 Å². The van der Waals surface area contributed by atoms with Gasteiger partial charge in [-0.15, -0.1) is 30.6 Å². The second-order valence-electron chi connectivity index (χ2n) is 23.4. The van der Waals surface area contributed by atoms with Crippen LogP contribution in [0.1, 0.15) is 82.6 Å². The number of aliphatic carboxylic acids is 1. The van der Waals surface area contributed by atoms with Crippen molar-refractivity contribution in [1.29, 1.82) is 0 Å². The van der Waals surface area contributed by atoms with Crippen molar-refractivity contribution >= 4 is 58.7 Å². The van der Waals surface area contributed by atoms with Crippen molar-refractivity contribution in [3.8, 4) is 0 Å². The maximum Gasteiger partial charge on any atom is 0.410 e. The highest BCUT2D eigenvalue weighted by molar-refractivity contribution is 6.29. The number of anilines is 5. The molecule has 9 heterocycles. The number of nitrogens with zero attached hydrogens (tertiary/aromatic N) is 13. The molecule has 23 nitrogen and oxygen atoms in total. The van der Waals surface area contributed by atoms with Gasteiger partial charge in [0.25, 0.3) is 0 Å². The Hall–Kier alpha value is -7.02. The van der Waals surface area contributed by atoms with E-state index in [1.807, 2.05) is 68.1 Å². The van der Waals surface area contributed by atoms with Gasteiger partial charge in [-0.3, -0.25) is 9.59 Å². The summed E-state index contributed by atoms with van der Waals surface area (Å²) in [6.45, 7) is 34.3. The minimum Gasteiger partial charge on any atom is -0.481 e. The van der Waals surface area contributed by atoms with Crippen molar-refractivity contribution in [3.05, 3.63) is 112 Å². The number of carboxylic acids is 1. The number of hydrogen-bond acceptors (Lipinski definition) is 20. The standard InChI is InChI=1S/C23H31N5O2.C12H19N5O.C11H14O2.C9H18N2O2.C8H10ClN3O/c1-18(2)20-5-3-19(4-6-20)17-23(29)28-11-9-26(10-12-28)21-7-8-22(25-24-21)27-13-15-30-16-14-27;1-2-12(17-7-9-18-10-8-17)15-14-11(1)16-5-3-13-4-6-16;1-8(2)10-5-3-9(4-6-10)7-11(12)13;1-9(2,3)13-8(12)11-6-4-10-5-7-11;9-7-1-2-8(11-10-7)12-3-5-13-6-4-12/h3-8,18H,9-17H2,1-2H3;1-2,13H,3-10H2;3-6,8H,7H2,1-2H3,(H,12,13);10H,4-7H2,1-3H3;1-2H,3-6H2. The van der Waals surface area contributed by atoms with Gasteiger partial charge in [0.15, 0.2) is 34.2 Å². The molecule has 6 aliphatic rings. The fourth-order valence-corrected chi connectivity index (χ4v) is 10.0. The number of piperazine rings is 3. The number of nitrogens with one attached hydrogen (secondary N) is 2. The number of ether oxygens (including phenoxy) is 4. The van der Waals surface area contributed by atoms with Crippen LogP contribution < -0.4 is 35.1 Å². The van der Waals surface area contributed by atoms with E-state index in [1.165, 1.54) is 11.1 Å². The Bertz CT molecular complexity index is 2740. The van der Waals surface area contributed by atoms with E-state index in [2.05, 4.69) is 130 Å². The van der Waals surface area contributed by atoms with E-state index >= 15 is 0 Å². The monoisotopic (exact) mass is 1220 g/mol. The number of morpholine rings is 3. The van der Waals surface area contributed by atoms with E-state index in [0.29, 0.717) is 23.4 Å². The molecule has 3 aromatic heterocycles. The highest BCUT2D eigenvalue weighted by Crippen LogP contribution is 2.21. The van der Waals surface area contributed by atoms with E-state index in [9.17, 15) is 14.4 Å². The first-order valence-corrected chi connectivity index (χ1v) is 31.1. The fraction of sp³-hybridized carbons (Fsp3) is 0.571. The first kappa shape index (κ1) is 67.5. The van der Waals surface area contributed by atoms with Crippen LogP contribution in [-0.4, -0.2) is 227 Å². The summed E-state index contributed by atoms with van der Waals surface area (Å²) in [5.41, 5.74) is 4.10. The van der Waals surface area contributed by atoms with Crippen LogP contribution in [0.3, 0.4) is 0 Å². The number of halogens is 1. The van der Waals surface area contributed by atoms with E-state index in [-0.39, 0.29) is 24.0 Å². The predicted octanol–water partition coefficient (Wildman–Crippen LogP) is 6.28. The fourth-order valence-electron chi connectivity index (χ4n) is 9.92. The Labute approximate surface area is 519 Å². The van der Waals surface area contributed by atoms with Gasteiger partial charge >= 0.3 is 12.1 Å². The summed E-state index contributed by atoms with van der Waals surface area (Å²) in [5, 5.41) is 40.8. The van der Waals surface area contributed by atoms with Crippen LogP contribution in [0.15, 0.2) is 84.9 Å². The van der Waals surface area contributed by atoms with Crippen LogP contribution in [0.4, 0.5) is 33.9 Å². The van der Waals surface area contributed by atoms with E-state index in [4.69, 9.17) is 35.7 Å². The quantitative estimate of drug-likeness (QED) is 0.132. The lowest BCUT2D eigenvalue weighted by Gasteiger charge is -2.35. The molecule has 0 radical (unpaired) electrons. The SMILES string of the molecule is CC(C)(C)OC(=O)N1CCNCC1.CC(C)c1ccc(CC(=O)N2CCN(c3ccc(N4CCOCC4)nn3)CC2)cc1.CC(C)c1ccc(CC(=O)O)cc1.Clc1ccc(N2CCOCC2)nn1.c1cc(N2CCOCC2)nnc1N1CCNCC1. The number of aromatic nitrogens is 6. The zero-order chi connectivity index (χ0) is 62.0. The van der Waals surface area contributed by atoms with Gasteiger partial charge in [0.2, 0.25) is 5.91 Å². The minimum atomic E-state index is -0.780. The molecule has 0 unspecified atom stereocenters. The lowest BCUT2D eigenvalue weighted by molar-refractivity contribution is -0.136. The largest absolute Gasteiger partial charge is 0.481 e. The molecule has 3 N–H and O–H groups in total. The number of carbonyl (C=O) groups excluding carboxylic acids is 2. The normalized spacial score (nSPS) is 17.3. The number of rotatable bonds is 11. The minimum absolute atomic E-state index is 0.109. The number of benzene rings is 2. The van der Waals surface area contributed by atoms with Crippen LogP contribution >= 0.6 is 11.6 Å². The molecule has 0 atom stereocenters. The van der Waals surface area contributed by atoms with Crippen molar-refractivity contribution in [1.82, 2.24) is 51.0 Å². The smallest absolute Gasteiger partial charge is 0.410 e. The molecule has 0 bridgehead atoms. The maximum atomic E-state index is 12.7. The zero-order valence-electron chi connectivity index (χ0n) is 52.1. The van der Waals surface area contributed by atoms with Crippen molar-refractivity contribution in [3.63, 3.8) is 0 Å². The zero-order valence-corrected chi connectivity index (χ0v) is 52.9. The summed E-state index contributed by atoms with van der Waals surface area (Å²) in [6.07, 6.45) is 0.374. The molecule has 24 heteroatoms. The molecule has 2 amide bonds. The first-order valence-electron chi connectivity index (χ1n) is 30.7. The number of carboxylic acid groups (broad SMARTS) is 1. The third kappa shape index (κ3) is 23.2. The van der Waals surface area contributed by atoms with Gasteiger partial charge in [0, 0.05) is 118 Å². The molecule has 2 aromatic carbocycles. The van der Waals surface area contributed by atoms with Crippen LogP contribution in [0.5, 0.6) is 0 Å². The average molecular weight is 1220 g/mol. The van der Waals surface area contributed by atoms with Gasteiger partial charge in [-0.2, -0.15) is 0 Å². The highest BCUT2D eigenvalue weighted by Gasteiger charge is 2.25. The summed E-state index contributed by atoms with van der Waals surface area (Å²) in [7, 11) is 0. The Morgan fingerprint density at radius 2 is 0.816 bits per heavy atom. The molecule has 6 fully saturated rings. The van der Waals surface area contributed by atoms with Crippen LogP contribution in [0.2, 0.25) is 5.15 Å². The molecule has 474 valence electrons. The molecular formula is C63H92ClN15O8. The van der Waals surface area contributed by atoms with Gasteiger partial charge in [-0.25, -0.2) is 4.79 Å². The number of amides is 2. The van der Waals surface area contributed by atoms with Gasteiger partial charge in [-0.1, -0.05) is 87.8 Å². The number of hydrogen-bond donors (Lipinski definition) is 3. The summed E-state index contributed by atoms with van der Waals surface area (Å²) in [5.74, 6) is 5.01. The van der Waals surface area contributed by atoms with Gasteiger partial charge in [-0.05, 0) is 91.3 Å². The summed E-state index contributed by atoms with van der Waals surface area (Å²) >= 11 is 5.63. The van der Waals surface area contributed by atoms with Crippen molar-refractivity contribution in [2.45, 2.75) is 78.7 Å². The Balaban J connectivity index is 0.000000164. The lowest BCUT2D eigenvalue weighted by Crippen LogP contribution is -2.49. The second kappa shape index (κ2) is 35.1. The lowest BCUT2D eigenvalue weighted by atomic mass is 10.0. The van der Waals surface area contributed by atoms with Crippen LogP contribution in [0.25, 0.3) is 0 Å². The van der Waals surface area contributed by atoms with Crippen LogP contribution in [-0.2, 0) is 41.4 Å². The first-order chi connectivity index (χ1) is 42.0. The molecule has 0 spiro atoms. The third-order valence-electron chi connectivity index (χ3n) is 15.1. The molecule has 6 aliphatic heterocycles. The average Bonchev–Trinajstić information content (AvgIpc) is 3.68. The molecule has 11 rings (SSSR count). The molecule has 87 heavy (non-hydrogen) atoms. The van der Waals surface area contributed by atoms with E-state index < -0.39 is 5.97 Å². The van der Waals surface area contributed by atoms with Crippen LogP contribution in [0, 0.1) is 0 Å². The van der Waals surface area contributed by atoms with Crippen molar-refractivity contribution < 1.29 is 38.4 Å². The van der Waals surface area contributed by atoms with E-state index in [0.717, 1.165) is 198 Å². The summed E-state index contributed by atoms with van der Waals surface area (Å²) in [4.78, 5) is 49.3. The molecule has 0 saturated carbocycles. The summed E-state index contributed by atoms with van der Waals surface area (Å²) in [6, 6.07) is 28.0. The topological polar surface area (TPSA) is 232 Å². The molecule has 0 aliphatic carbocycles. The maximum absolute atomic E-state index is 12.7. The Morgan fingerprint density at radius 3 is 1.16 bits per heavy atom. The molecule has 5 aromatic rings. The van der Waals surface area contributed by atoms with Gasteiger partial charge < -0.3 is 69.0 Å². The van der Waals surface area contributed by atoms with Gasteiger partial charge in [0.05, 0.1) is 52.5 Å².